The van der Waals surface area contributed by atoms with Gasteiger partial charge in [0.25, 0.3) is 0 Å². The zero-order valence-electron chi connectivity index (χ0n) is 13.4. The number of amides is 2. The first-order valence-corrected chi connectivity index (χ1v) is 8.17. The molecule has 1 aromatic carbocycles. The van der Waals surface area contributed by atoms with Crippen LogP contribution in [0.1, 0.15) is 54.2 Å². The van der Waals surface area contributed by atoms with Gasteiger partial charge < -0.3 is 4.90 Å². The van der Waals surface area contributed by atoms with E-state index in [-0.39, 0.29) is 17.7 Å². The Morgan fingerprint density at radius 1 is 1.14 bits per heavy atom. The van der Waals surface area contributed by atoms with Crippen molar-refractivity contribution in [1.82, 2.24) is 10.2 Å². The zero-order chi connectivity index (χ0) is 15.7. The predicted octanol–water partition coefficient (Wildman–Crippen LogP) is 2.32. The van der Waals surface area contributed by atoms with Gasteiger partial charge >= 0.3 is 0 Å². The molecule has 2 saturated heterocycles. The van der Waals surface area contributed by atoms with Crippen LogP contribution >= 0.6 is 0 Å². The van der Waals surface area contributed by atoms with Gasteiger partial charge in [-0.1, -0.05) is 18.2 Å². The topological polar surface area (TPSA) is 49.4 Å². The summed E-state index contributed by atoms with van der Waals surface area (Å²) in [5.74, 6) is 0.151. The summed E-state index contributed by atoms with van der Waals surface area (Å²) >= 11 is 0. The van der Waals surface area contributed by atoms with Crippen LogP contribution in [0.5, 0.6) is 0 Å². The van der Waals surface area contributed by atoms with Crippen molar-refractivity contribution in [1.29, 1.82) is 0 Å². The second kappa shape index (κ2) is 6.21. The first-order chi connectivity index (χ1) is 10.5. The van der Waals surface area contributed by atoms with Gasteiger partial charge in [-0.25, -0.2) is 0 Å². The molecule has 2 heterocycles. The summed E-state index contributed by atoms with van der Waals surface area (Å²) < 4.78 is 0. The van der Waals surface area contributed by atoms with Gasteiger partial charge in [-0.3, -0.25) is 14.9 Å². The summed E-state index contributed by atoms with van der Waals surface area (Å²) in [6, 6.07) is 6.43. The Bertz CT molecular complexity index is 589. The summed E-state index contributed by atoms with van der Waals surface area (Å²) in [4.78, 5) is 25.6. The summed E-state index contributed by atoms with van der Waals surface area (Å²) in [5, 5.41) is 2.45. The number of imide groups is 1. The number of nitrogens with zero attached hydrogens (tertiary/aromatic N) is 1. The number of hydrogen-bond donors (Lipinski definition) is 1. The Morgan fingerprint density at radius 3 is 2.50 bits per heavy atom. The Balaban J connectivity index is 1.77. The highest BCUT2D eigenvalue weighted by Gasteiger charge is 2.28. The molecule has 2 aliphatic rings. The number of likely N-dealkylation sites (tertiary alicyclic amines) is 1. The molecule has 1 N–H and O–H groups in total. The van der Waals surface area contributed by atoms with Gasteiger partial charge in [-0.15, -0.1) is 0 Å². The molecule has 4 heteroatoms. The first-order valence-electron chi connectivity index (χ1n) is 8.17. The van der Waals surface area contributed by atoms with Crippen LogP contribution in [0, 0.1) is 6.92 Å². The third-order valence-corrected chi connectivity index (χ3v) is 5.09. The molecule has 2 amide bonds. The third kappa shape index (κ3) is 3.07. The number of hydrogen-bond acceptors (Lipinski definition) is 3. The van der Waals surface area contributed by atoms with Crippen molar-refractivity contribution in [3.8, 4) is 0 Å². The fourth-order valence-corrected chi connectivity index (χ4v) is 3.70. The molecular formula is C18H24N2O2. The molecule has 1 aromatic rings. The average molecular weight is 300 g/mol. The monoisotopic (exact) mass is 300 g/mol. The highest BCUT2D eigenvalue weighted by Crippen LogP contribution is 2.33. The van der Waals surface area contributed by atoms with Gasteiger partial charge in [-0.05, 0) is 68.9 Å². The van der Waals surface area contributed by atoms with Gasteiger partial charge in [0.2, 0.25) is 11.8 Å². The van der Waals surface area contributed by atoms with Crippen LogP contribution in [0.15, 0.2) is 18.2 Å². The molecule has 0 spiro atoms. The molecule has 118 valence electrons. The molecule has 4 nitrogen and oxygen atoms in total. The second-order valence-electron chi connectivity index (χ2n) is 6.70. The molecule has 0 bridgehead atoms. The molecule has 1 atom stereocenters. The minimum absolute atomic E-state index is 0.150. The van der Waals surface area contributed by atoms with E-state index >= 15 is 0 Å². The van der Waals surface area contributed by atoms with Gasteiger partial charge in [0, 0.05) is 6.42 Å². The summed E-state index contributed by atoms with van der Waals surface area (Å²) in [6.07, 6.45) is 3.47. The standard InChI is InChI=1S/C18H24N2O2/c1-12-11-14(16-5-6-17(21)19-18(16)22)3-4-15(12)13-7-9-20(2)10-8-13/h3-4,11,13,16H,5-10H2,1-2H3,(H,19,21,22). The lowest BCUT2D eigenvalue weighted by molar-refractivity contribution is -0.134. The molecule has 22 heavy (non-hydrogen) atoms. The lowest BCUT2D eigenvalue weighted by atomic mass is 9.83. The van der Waals surface area contributed by atoms with Crippen molar-refractivity contribution in [2.45, 2.75) is 44.4 Å². The minimum atomic E-state index is -0.178. The first kappa shape index (κ1) is 15.2. The SMILES string of the molecule is Cc1cc(C2CCC(=O)NC2=O)ccc1C1CCN(C)CC1. The van der Waals surface area contributed by atoms with E-state index in [2.05, 4.69) is 42.4 Å². The molecule has 3 rings (SSSR count). The lowest BCUT2D eigenvalue weighted by Crippen LogP contribution is -2.39. The number of carbonyl (C=O) groups is 2. The highest BCUT2D eigenvalue weighted by molar-refractivity contribution is 6.00. The largest absolute Gasteiger partial charge is 0.306 e. The highest BCUT2D eigenvalue weighted by atomic mass is 16.2. The lowest BCUT2D eigenvalue weighted by Gasteiger charge is -2.30. The maximum atomic E-state index is 12.0. The Hall–Kier alpha value is -1.68. The van der Waals surface area contributed by atoms with Gasteiger partial charge in [-0.2, -0.15) is 0 Å². The average Bonchev–Trinajstić information content (AvgIpc) is 2.48. The summed E-state index contributed by atoms with van der Waals surface area (Å²) in [6.45, 7) is 4.45. The molecule has 0 saturated carbocycles. The number of benzene rings is 1. The van der Waals surface area contributed by atoms with Crippen molar-refractivity contribution in [2.75, 3.05) is 20.1 Å². The zero-order valence-corrected chi connectivity index (χ0v) is 13.4. The quantitative estimate of drug-likeness (QED) is 0.853. The van der Waals surface area contributed by atoms with E-state index in [1.54, 1.807) is 0 Å². The fourth-order valence-electron chi connectivity index (χ4n) is 3.70. The van der Waals surface area contributed by atoms with Gasteiger partial charge in [0.05, 0.1) is 5.92 Å². The van der Waals surface area contributed by atoms with Crippen LogP contribution in [0.3, 0.4) is 0 Å². The Morgan fingerprint density at radius 2 is 1.86 bits per heavy atom. The molecule has 2 fully saturated rings. The smallest absolute Gasteiger partial charge is 0.234 e. The molecule has 0 aromatic heterocycles. The number of aryl methyl sites for hydroxylation is 1. The minimum Gasteiger partial charge on any atom is -0.306 e. The van der Waals surface area contributed by atoms with Crippen LogP contribution in [0.25, 0.3) is 0 Å². The van der Waals surface area contributed by atoms with Crippen molar-refractivity contribution in [3.05, 3.63) is 34.9 Å². The predicted molar refractivity (Wildman–Crippen MR) is 85.8 cm³/mol. The van der Waals surface area contributed by atoms with Crippen LogP contribution in [-0.2, 0) is 9.59 Å². The Kier molecular flexibility index (Phi) is 4.30. The molecule has 2 aliphatic heterocycles. The van der Waals surface area contributed by atoms with E-state index < -0.39 is 0 Å². The van der Waals surface area contributed by atoms with E-state index in [4.69, 9.17) is 0 Å². The fraction of sp³-hybridized carbons (Fsp3) is 0.556. The summed E-state index contributed by atoms with van der Waals surface area (Å²) in [7, 11) is 2.18. The molecule has 0 radical (unpaired) electrons. The number of rotatable bonds is 2. The van der Waals surface area contributed by atoms with E-state index in [1.807, 2.05) is 0 Å². The van der Waals surface area contributed by atoms with E-state index in [0.29, 0.717) is 18.8 Å². The Labute approximate surface area is 131 Å². The van der Waals surface area contributed by atoms with Crippen LogP contribution in [0.4, 0.5) is 0 Å². The molecule has 0 aliphatic carbocycles. The van der Waals surface area contributed by atoms with E-state index in [0.717, 1.165) is 18.7 Å². The van der Waals surface area contributed by atoms with Crippen molar-refractivity contribution >= 4 is 11.8 Å². The molecule has 1 unspecified atom stereocenters. The van der Waals surface area contributed by atoms with Crippen molar-refractivity contribution in [2.24, 2.45) is 0 Å². The van der Waals surface area contributed by atoms with Crippen LogP contribution < -0.4 is 5.32 Å². The van der Waals surface area contributed by atoms with Crippen LogP contribution in [-0.4, -0.2) is 36.9 Å². The molecular weight excluding hydrogens is 276 g/mol. The maximum absolute atomic E-state index is 12.0. The normalized spacial score (nSPS) is 24.4. The third-order valence-electron chi connectivity index (χ3n) is 5.09. The number of nitrogens with one attached hydrogen (secondary N) is 1. The second-order valence-corrected chi connectivity index (χ2v) is 6.70. The van der Waals surface area contributed by atoms with Gasteiger partial charge in [0.1, 0.15) is 0 Å². The summed E-state index contributed by atoms with van der Waals surface area (Å²) in [5.41, 5.74) is 3.74. The van der Waals surface area contributed by atoms with E-state index in [1.165, 1.54) is 24.0 Å². The number of carbonyl (C=O) groups excluding carboxylic acids is 2. The maximum Gasteiger partial charge on any atom is 0.234 e. The van der Waals surface area contributed by atoms with Crippen LogP contribution in [0.2, 0.25) is 0 Å². The van der Waals surface area contributed by atoms with Gasteiger partial charge in [0.15, 0.2) is 0 Å². The van der Waals surface area contributed by atoms with Crippen molar-refractivity contribution in [3.63, 3.8) is 0 Å². The van der Waals surface area contributed by atoms with Crippen molar-refractivity contribution < 1.29 is 9.59 Å². The van der Waals surface area contributed by atoms with E-state index in [9.17, 15) is 9.59 Å². The number of piperidine rings is 2.